The summed E-state index contributed by atoms with van der Waals surface area (Å²) >= 11 is 0. The van der Waals surface area contributed by atoms with E-state index in [4.69, 9.17) is 0 Å². The van der Waals surface area contributed by atoms with Crippen molar-refractivity contribution >= 4 is 22.6 Å². The molecule has 1 aliphatic rings. The molecule has 4 heteroatoms. The van der Waals surface area contributed by atoms with Crippen LogP contribution in [-0.2, 0) is 22.6 Å². The van der Waals surface area contributed by atoms with Crippen LogP contribution in [0, 0.1) is 5.92 Å². The van der Waals surface area contributed by atoms with Crippen molar-refractivity contribution in [2.45, 2.75) is 25.8 Å². The number of likely N-dealkylation sites (tertiary alicyclic amines) is 1. The first kappa shape index (κ1) is 19.2. The summed E-state index contributed by atoms with van der Waals surface area (Å²) in [7, 11) is 0. The summed E-state index contributed by atoms with van der Waals surface area (Å²) in [5.74, 6) is 0.00218. The largest absolute Gasteiger partial charge is 0.352 e. The van der Waals surface area contributed by atoms with Crippen molar-refractivity contribution in [3.05, 3.63) is 83.9 Å². The summed E-state index contributed by atoms with van der Waals surface area (Å²) < 4.78 is 0. The first-order valence-electron chi connectivity index (χ1n) is 10.3. The average molecular weight is 386 g/mol. The van der Waals surface area contributed by atoms with Crippen molar-refractivity contribution in [3.63, 3.8) is 0 Å². The van der Waals surface area contributed by atoms with E-state index in [1.54, 1.807) is 0 Å². The smallest absolute Gasteiger partial charge is 0.227 e. The normalized spacial score (nSPS) is 16.6. The van der Waals surface area contributed by atoms with Gasteiger partial charge in [0, 0.05) is 19.6 Å². The Morgan fingerprint density at radius 2 is 1.69 bits per heavy atom. The number of piperidine rings is 1. The summed E-state index contributed by atoms with van der Waals surface area (Å²) in [4.78, 5) is 27.4. The van der Waals surface area contributed by atoms with E-state index in [9.17, 15) is 9.59 Å². The molecule has 1 saturated heterocycles. The molecular formula is C25H26N2O2. The first-order chi connectivity index (χ1) is 14.2. The molecule has 148 valence electrons. The van der Waals surface area contributed by atoms with Gasteiger partial charge < -0.3 is 10.2 Å². The Morgan fingerprint density at radius 1 is 0.931 bits per heavy atom. The van der Waals surface area contributed by atoms with Crippen molar-refractivity contribution in [2.24, 2.45) is 5.92 Å². The van der Waals surface area contributed by atoms with Crippen molar-refractivity contribution in [1.82, 2.24) is 10.2 Å². The number of carbonyl (C=O) groups is 2. The first-order valence-corrected chi connectivity index (χ1v) is 10.3. The summed E-state index contributed by atoms with van der Waals surface area (Å²) in [6.07, 6.45) is 2.07. The van der Waals surface area contributed by atoms with Crippen LogP contribution < -0.4 is 5.32 Å². The van der Waals surface area contributed by atoms with E-state index in [0.29, 0.717) is 19.5 Å². The zero-order valence-corrected chi connectivity index (χ0v) is 16.5. The van der Waals surface area contributed by atoms with Crippen molar-refractivity contribution in [2.75, 3.05) is 13.1 Å². The fourth-order valence-electron chi connectivity index (χ4n) is 4.07. The predicted octanol–water partition coefficient (Wildman–Crippen LogP) is 3.94. The number of amides is 2. The van der Waals surface area contributed by atoms with Crippen LogP contribution in [0.1, 0.15) is 24.0 Å². The SMILES string of the molecule is O=C(NCc1ccccc1)[C@@H]1CCCN(C(=O)Cc2cccc3ccccc23)C1. The number of hydrogen-bond donors (Lipinski definition) is 1. The highest BCUT2D eigenvalue weighted by Gasteiger charge is 2.28. The van der Waals surface area contributed by atoms with E-state index in [1.807, 2.05) is 59.5 Å². The molecule has 3 aromatic carbocycles. The second kappa shape index (κ2) is 8.91. The maximum Gasteiger partial charge on any atom is 0.227 e. The standard InChI is InChI=1S/C25H26N2O2/c28-24(16-21-12-6-11-20-10-4-5-14-23(20)21)27-15-7-13-22(18-27)25(29)26-17-19-8-2-1-3-9-19/h1-6,8-12,14,22H,7,13,15-18H2,(H,26,29)/t22-/m1/s1. The monoisotopic (exact) mass is 386 g/mol. The highest BCUT2D eigenvalue weighted by atomic mass is 16.2. The Balaban J connectivity index is 1.37. The van der Waals surface area contributed by atoms with Gasteiger partial charge in [-0.3, -0.25) is 9.59 Å². The fourth-order valence-corrected chi connectivity index (χ4v) is 4.07. The molecule has 1 aliphatic heterocycles. The minimum Gasteiger partial charge on any atom is -0.352 e. The van der Waals surface area contributed by atoms with Gasteiger partial charge in [0.2, 0.25) is 11.8 Å². The minimum absolute atomic E-state index is 0.0384. The third kappa shape index (κ3) is 4.65. The highest BCUT2D eigenvalue weighted by Crippen LogP contribution is 2.22. The molecule has 4 rings (SSSR count). The quantitative estimate of drug-likeness (QED) is 0.722. The van der Waals surface area contributed by atoms with Crippen LogP contribution in [0.3, 0.4) is 0 Å². The van der Waals surface area contributed by atoms with Crippen LogP contribution in [0.2, 0.25) is 0 Å². The number of rotatable bonds is 5. The van der Waals surface area contributed by atoms with E-state index in [-0.39, 0.29) is 17.7 Å². The molecule has 0 spiro atoms. The summed E-state index contributed by atoms with van der Waals surface area (Å²) in [6.45, 7) is 1.76. The Hall–Kier alpha value is -3.14. The maximum atomic E-state index is 13.0. The lowest BCUT2D eigenvalue weighted by atomic mass is 9.95. The summed E-state index contributed by atoms with van der Waals surface area (Å²) in [5.41, 5.74) is 2.13. The molecule has 29 heavy (non-hydrogen) atoms. The summed E-state index contributed by atoms with van der Waals surface area (Å²) in [5, 5.41) is 5.30. The van der Waals surface area contributed by atoms with Crippen LogP contribution in [0.15, 0.2) is 72.8 Å². The lowest BCUT2D eigenvalue weighted by molar-refractivity contribution is -0.135. The van der Waals surface area contributed by atoms with Gasteiger partial charge in [0.1, 0.15) is 0 Å². The Morgan fingerprint density at radius 3 is 2.55 bits per heavy atom. The second-order valence-corrected chi connectivity index (χ2v) is 7.70. The summed E-state index contributed by atoms with van der Waals surface area (Å²) in [6, 6.07) is 24.1. The lowest BCUT2D eigenvalue weighted by Crippen LogP contribution is -2.45. The fraction of sp³-hybridized carbons (Fsp3) is 0.280. The molecule has 0 saturated carbocycles. The van der Waals surface area contributed by atoms with Gasteiger partial charge in [-0.2, -0.15) is 0 Å². The molecule has 1 atom stereocenters. The third-order valence-corrected chi connectivity index (χ3v) is 5.68. The van der Waals surface area contributed by atoms with E-state index >= 15 is 0 Å². The number of carbonyl (C=O) groups excluding carboxylic acids is 2. The molecule has 1 heterocycles. The minimum atomic E-state index is -0.135. The molecule has 0 radical (unpaired) electrons. The molecule has 1 N–H and O–H groups in total. The lowest BCUT2D eigenvalue weighted by Gasteiger charge is -2.32. The van der Waals surface area contributed by atoms with Gasteiger partial charge in [-0.05, 0) is 34.7 Å². The van der Waals surface area contributed by atoms with E-state index in [0.717, 1.165) is 41.3 Å². The maximum absolute atomic E-state index is 13.0. The van der Waals surface area contributed by atoms with Crippen molar-refractivity contribution in [1.29, 1.82) is 0 Å². The number of nitrogens with zero attached hydrogens (tertiary/aromatic N) is 1. The Labute approximate surface area is 171 Å². The molecular weight excluding hydrogens is 360 g/mol. The molecule has 0 aliphatic carbocycles. The van der Waals surface area contributed by atoms with Gasteiger partial charge in [-0.15, -0.1) is 0 Å². The molecule has 4 nitrogen and oxygen atoms in total. The zero-order chi connectivity index (χ0) is 20.1. The van der Waals surface area contributed by atoms with Crippen LogP contribution in [0.4, 0.5) is 0 Å². The van der Waals surface area contributed by atoms with E-state index < -0.39 is 0 Å². The third-order valence-electron chi connectivity index (χ3n) is 5.68. The van der Waals surface area contributed by atoms with Gasteiger partial charge in [-0.25, -0.2) is 0 Å². The number of benzene rings is 3. The molecule has 2 amide bonds. The van der Waals surface area contributed by atoms with Gasteiger partial charge in [-0.1, -0.05) is 72.8 Å². The molecule has 0 aromatic heterocycles. The Bertz CT molecular complexity index is 995. The van der Waals surface area contributed by atoms with E-state index in [2.05, 4.69) is 23.5 Å². The number of hydrogen-bond acceptors (Lipinski definition) is 2. The molecule has 0 bridgehead atoms. The van der Waals surface area contributed by atoms with Gasteiger partial charge in [0.15, 0.2) is 0 Å². The second-order valence-electron chi connectivity index (χ2n) is 7.70. The number of fused-ring (bicyclic) bond motifs is 1. The van der Waals surface area contributed by atoms with Gasteiger partial charge in [0.05, 0.1) is 12.3 Å². The van der Waals surface area contributed by atoms with Gasteiger partial charge >= 0.3 is 0 Å². The Kier molecular flexibility index (Phi) is 5.89. The average Bonchev–Trinajstić information content (AvgIpc) is 2.78. The predicted molar refractivity (Wildman–Crippen MR) is 115 cm³/mol. The van der Waals surface area contributed by atoms with Crippen molar-refractivity contribution in [3.8, 4) is 0 Å². The van der Waals surface area contributed by atoms with Crippen LogP contribution in [0.5, 0.6) is 0 Å². The molecule has 0 unspecified atom stereocenters. The van der Waals surface area contributed by atoms with Crippen LogP contribution in [-0.4, -0.2) is 29.8 Å². The van der Waals surface area contributed by atoms with Gasteiger partial charge in [0.25, 0.3) is 0 Å². The molecule has 1 fully saturated rings. The van der Waals surface area contributed by atoms with E-state index in [1.165, 1.54) is 0 Å². The van der Waals surface area contributed by atoms with Crippen LogP contribution >= 0.6 is 0 Å². The number of nitrogens with one attached hydrogen (secondary N) is 1. The van der Waals surface area contributed by atoms with Crippen LogP contribution in [0.25, 0.3) is 10.8 Å². The highest BCUT2D eigenvalue weighted by molar-refractivity contribution is 5.90. The van der Waals surface area contributed by atoms with Crippen molar-refractivity contribution < 1.29 is 9.59 Å². The molecule has 3 aromatic rings. The topological polar surface area (TPSA) is 49.4 Å². The zero-order valence-electron chi connectivity index (χ0n) is 16.5.